The molecule has 2 nitrogen and oxygen atoms in total. The summed E-state index contributed by atoms with van der Waals surface area (Å²) in [6, 6.07) is 4.79. The molecule has 1 fully saturated rings. The van der Waals surface area contributed by atoms with Crippen LogP contribution in [0.15, 0.2) is 12.1 Å². The molecule has 0 N–H and O–H groups in total. The molecule has 2 aliphatic rings. The van der Waals surface area contributed by atoms with Crippen LogP contribution in [0.1, 0.15) is 46.3 Å². The SMILES string of the molecule is Cc1cc(C)c2c(c1)CC1CCCCN1C2=O. The maximum atomic E-state index is 12.5. The molecule has 0 bridgehead atoms. The number of fused-ring (bicyclic) bond motifs is 2. The fourth-order valence-corrected chi connectivity index (χ4v) is 3.40. The summed E-state index contributed by atoms with van der Waals surface area (Å²) >= 11 is 0. The lowest BCUT2D eigenvalue weighted by atomic mass is 9.85. The minimum Gasteiger partial charge on any atom is -0.335 e. The van der Waals surface area contributed by atoms with Crippen molar-refractivity contribution in [3.05, 3.63) is 34.4 Å². The quantitative estimate of drug-likeness (QED) is 0.670. The van der Waals surface area contributed by atoms with Gasteiger partial charge in [-0.05, 0) is 50.7 Å². The Kier molecular flexibility index (Phi) is 2.46. The molecule has 0 saturated carbocycles. The summed E-state index contributed by atoms with van der Waals surface area (Å²) in [5.74, 6) is 0.272. The number of nitrogens with zero attached hydrogens (tertiary/aromatic N) is 1. The molecule has 0 aromatic heterocycles. The first-order chi connectivity index (χ1) is 8.16. The van der Waals surface area contributed by atoms with E-state index in [4.69, 9.17) is 0 Å². The molecule has 90 valence electrons. The average molecular weight is 229 g/mol. The Balaban J connectivity index is 2.09. The molecule has 2 aliphatic heterocycles. The van der Waals surface area contributed by atoms with E-state index in [9.17, 15) is 4.79 Å². The molecule has 1 aromatic carbocycles. The van der Waals surface area contributed by atoms with Crippen molar-refractivity contribution >= 4 is 5.91 Å². The molecule has 0 aliphatic carbocycles. The third-order valence-electron chi connectivity index (χ3n) is 4.12. The van der Waals surface area contributed by atoms with Gasteiger partial charge in [-0.25, -0.2) is 0 Å². The van der Waals surface area contributed by atoms with Crippen LogP contribution in [0.2, 0.25) is 0 Å². The molecule has 2 heteroatoms. The minimum atomic E-state index is 0.272. The van der Waals surface area contributed by atoms with Crippen molar-refractivity contribution in [1.82, 2.24) is 4.90 Å². The number of benzene rings is 1. The van der Waals surface area contributed by atoms with Crippen LogP contribution in [-0.4, -0.2) is 23.4 Å². The molecule has 1 atom stereocenters. The lowest BCUT2D eigenvalue weighted by Gasteiger charge is -2.40. The monoisotopic (exact) mass is 229 g/mol. The summed E-state index contributed by atoms with van der Waals surface area (Å²) in [6.45, 7) is 5.13. The summed E-state index contributed by atoms with van der Waals surface area (Å²) < 4.78 is 0. The van der Waals surface area contributed by atoms with E-state index in [1.54, 1.807) is 0 Å². The average Bonchev–Trinajstić information content (AvgIpc) is 2.28. The van der Waals surface area contributed by atoms with Gasteiger partial charge in [0.05, 0.1) is 0 Å². The van der Waals surface area contributed by atoms with Crippen LogP contribution in [0.25, 0.3) is 0 Å². The first-order valence-corrected chi connectivity index (χ1v) is 6.58. The Morgan fingerprint density at radius 2 is 2.06 bits per heavy atom. The van der Waals surface area contributed by atoms with Crippen molar-refractivity contribution in [2.45, 2.75) is 45.6 Å². The van der Waals surface area contributed by atoms with E-state index in [0.29, 0.717) is 6.04 Å². The van der Waals surface area contributed by atoms with Gasteiger partial charge in [0.15, 0.2) is 0 Å². The van der Waals surface area contributed by atoms with E-state index in [-0.39, 0.29) is 5.91 Å². The molecule has 0 spiro atoms. The highest BCUT2D eigenvalue weighted by molar-refractivity contribution is 5.98. The highest BCUT2D eigenvalue weighted by Gasteiger charge is 2.34. The van der Waals surface area contributed by atoms with Crippen LogP contribution >= 0.6 is 0 Å². The van der Waals surface area contributed by atoms with Crippen LogP contribution in [0.4, 0.5) is 0 Å². The Bertz CT molecular complexity index is 478. The minimum absolute atomic E-state index is 0.272. The van der Waals surface area contributed by atoms with E-state index in [1.807, 2.05) is 0 Å². The second-order valence-corrected chi connectivity index (χ2v) is 5.47. The zero-order chi connectivity index (χ0) is 12.0. The molecule has 1 amide bonds. The summed E-state index contributed by atoms with van der Waals surface area (Å²) in [5, 5.41) is 0. The number of amides is 1. The third-order valence-corrected chi connectivity index (χ3v) is 4.12. The van der Waals surface area contributed by atoms with E-state index in [2.05, 4.69) is 30.9 Å². The number of hydrogen-bond acceptors (Lipinski definition) is 1. The lowest BCUT2D eigenvalue weighted by molar-refractivity contribution is 0.0581. The standard InChI is InChI=1S/C15H19NO/c1-10-7-11(2)14-12(8-10)9-13-5-3-4-6-16(13)15(14)17/h7-8,13H,3-6,9H2,1-2H3. The number of carbonyl (C=O) groups is 1. The zero-order valence-corrected chi connectivity index (χ0v) is 10.6. The summed E-state index contributed by atoms with van der Waals surface area (Å²) in [4.78, 5) is 14.6. The van der Waals surface area contributed by atoms with Crippen molar-refractivity contribution in [1.29, 1.82) is 0 Å². The van der Waals surface area contributed by atoms with Gasteiger partial charge < -0.3 is 4.90 Å². The van der Waals surface area contributed by atoms with Gasteiger partial charge in [-0.3, -0.25) is 4.79 Å². The lowest BCUT2D eigenvalue weighted by Crippen LogP contribution is -2.48. The van der Waals surface area contributed by atoms with Crippen molar-refractivity contribution in [3.8, 4) is 0 Å². The van der Waals surface area contributed by atoms with Gasteiger partial charge in [-0.15, -0.1) is 0 Å². The van der Waals surface area contributed by atoms with Crippen LogP contribution in [0.5, 0.6) is 0 Å². The fourth-order valence-electron chi connectivity index (χ4n) is 3.40. The predicted molar refractivity (Wildman–Crippen MR) is 68.3 cm³/mol. The molecule has 2 heterocycles. The molecule has 3 rings (SSSR count). The summed E-state index contributed by atoms with van der Waals surface area (Å²) in [5.41, 5.74) is 4.68. The molecule has 0 radical (unpaired) electrons. The Hall–Kier alpha value is -1.31. The first-order valence-electron chi connectivity index (χ1n) is 6.58. The van der Waals surface area contributed by atoms with Crippen molar-refractivity contribution in [2.24, 2.45) is 0 Å². The van der Waals surface area contributed by atoms with Crippen molar-refractivity contribution in [3.63, 3.8) is 0 Å². The van der Waals surface area contributed by atoms with Crippen LogP contribution < -0.4 is 0 Å². The molecular formula is C15H19NO. The van der Waals surface area contributed by atoms with Gasteiger partial charge in [0.25, 0.3) is 5.91 Å². The van der Waals surface area contributed by atoms with Gasteiger partial charge in [-0.2, -0.15) is 0 Å². The van der Waals surface area contributed by atoms with Crippen LogP contribution in [0, 0.1) is 13.8 Å². The third kappa shape index (κ3) is 1.67. The Labute approximate surface area is 103 Å². The highest BCUT2D eigenvalue weighted by atomic mass is 16.2. The van der Waals surface area contributed by atoms with Gasteiger partial charge in [0, 0.05) is 18.2 Å². The first kappa shape index (κ1) is 10.8. The van der Waals surface area contributed by atoms with E-state index >= 15 is 0 Å². The second kappa shape index (κ2) is 3.86. The van der Waals surface area contributed by atoms with E-state index < -0.39 is 0 Å². The van der Waals surface area contributed by atoms with E-state index in [1.165, 1.54) is 30.4 Å². The maximum absolute atomic E-state index is 12.5. The Morgan fingerprint density at radius 3 is 2.88 bits per heavy atom. The normalized spacial score (nSPS) is 23.3. The molecular weight excluding hydrogens is 210 g/mol. The van der Waals surface area contributed by atoms with Crippen molar-refractivity contribution in [2.75, 3.05) is 6.54 Å². The number of hydrogen-bond donors (Lipinski definition) is 0. The second-order valence-electron chi connectivity index (χ2n) is 5.47. The van der Waals surface area contributed by atoms with Gasteiger partial charge >= 0.3 is 0 Å². The highest BCUT2D eigenvalue weighted by Crippen LogP contribution is 2.31. The topological polar surface area (TPSA) is 20.3 Å². The number of carbonyl (C=O) groups excluding carboxylic acids is 1. The fraction of sp³-hybridized carbons (Fsp3) is 0.533. The number of aryl methyl sites for hydroxylation is 2. The number of piperidine rings is 1. The zero-order valence-electron chi connectivity index (χ0n) is 10.6. The van der Waals surface area contributed by atoms with Crippen molar-refractivity contribution < 1.29 is 4.79 Å². The van der Waals surface area contributed by atoms with Gasteiger partial charge in [0.1, 0.15) is 0 Å². The molecule has 1 unspecified atom stereocenters. The number of rotatable bonds is 0. The molecule has 17 heavy (non-hydrogen) atoms. The summed E-state index contributed by atoms with van der Waals surface area (Å²) in [6.07, 6.45) is 4.68. The smallest absolute Gasteiger partial charge is 0.254 e. The van der Waals surface area contributed by atoms with E-state index in [0.717, 1.165) is 24.1 Å². The molecule has 1 saturated heterocycles. The largest absolute Gasteiger partial charge is 0.335 e. The predicted octanol–water partition coefficient (Wildman–Crippen LogP) is 2.85. The summed E-state index contributed by atoms with van der Waals surface area (Å²) in [7, 11) is 0. The molecule has 1 aromatic rings. The van der Waals surface area contributed by atoms with Crippen LogP contribution in [-0.2, 0) is 6.42 Å². The maximum Gasteiger partial charge on any atom is 0.254 e. The van der Waals surface area contributed by atoms with Crippen LogP contribution in [0.3, 0.4) is 0 Å². The van der Waals surface area contributed by atoms with Gasteiger partial charge in [-0.1, -0.05) is 17.7 Å². The van der Waals surface area contributed by atoms with Gasteiger partial charge in [0.2, 0.25) is 0 Å². The Morgan fingerprint density at radius 1 is 1.24 bits per heavy atom.